The summed E-state index contributed by atoms with van der Waals surface area (Å²) >= 11 is 1.62. The van der Waals surface area contributed by atoms with Crippen LogP contribution in [0.4, 0.5) is 5.69 Å². The number of para-hydroxylation sites is 1. The van der Waals surface area contributed by atoms with E-state index in [1.807, 2.05) is 18.2 Å². The topological polar surface area (TPSA) is 78.4 Å². The maximum atomic E-state index is 12.9. The van der Waals surface area contributed by atoms with E-state index in [2.05, 4.69) is 21.9 Å². The Bertz CT molecular complexity index is 1090. The number of pyridine rings is 1. The summed E-state index contributed by atoms with van der Waals surface area (Å²) in [7, 11) is -2.21. The van der Waals surface area contributed by atoms with Gasteiger partial charge in [-0.25, -0.2) is 4.98 Å². The second-order valence-electron chi connectivity index (χ2n) is 5.95. The zero-order valence-electron chi connectivity index (χ0n) is 14.1. The third-order valence-electron chi connectivity index (χ3n) is 4.18. The number of aromatic nitrogens is 2. The first-order valence-corrected chi connectivity index (χ1v) is 10.3. The lowest BCUT2D eigenvalue weighted by Crippen LogP contribution is -2.27. The van der Waals surface area contributed by atoms with Gasteiger partial charge < -0.3 is 4.98 Å². The number of nitrogens with zero attached hydrogens (tertiary/aromatic N) is 3. The van der Waals surface area contributed by atoms with Crippen LogP contribution in [0.3, 0.4) is 0 Å². The summed E-state index contributed by atoms with van der Waals surface area (Å²) in [5.74, 6) is 0. The molecule has 1 aromatic carbocycles. The summed E-state index contributed by atoms with van der Waals surface area (Å²) in [6.45, 7) is 4.71. The van der Waals surface area contributed by atoms with Crippen LogP contribution in [0.2, 0.25) is 0 Å². The SMILES string of the molecule is [CH2]C1CN=C(c2cc3cccc(N(C)S(=O)(=O)c4ccccn4)c3[nH]2)S1. The molecular formula is C18H17N4O2S2. The fourth-order valence-electron chi connectivity index (χ4n) is 2.85. The Hall–Kier alpha value is -2.32. The van der Waals surface area contributed by atoms with Crippen LogP contribution in [-0.4, -0.2) is 42.3 Å². The second kappa shape index (κ2) is 6.44. The number of rotatable bonds is 4. The molecule has 26 heavy (non-hydrogen) atoms. The van der Waals surface area contributed by atoms with Crippen molar-refractivity contribution in [3.05, 3.63) is 61.3 Å². The molecule has 1 N–H and O–H groups in total. The van der Waals surface area contributed by atoms with E-state index >= 15 is 0 Å². The Labute approximate surface area is 156 Å². The Balaban J connectivity index is 1.78. The van der Waals surface area contributed by atoms with Crippen molar-refractivity contribution in [2.45, 2.75) is 10.3 Å². The first-order chi connectivity index (χ1) is 12.5. The molecule has 1 aliphatic rings. The Kier molecular flexibility index (Phi) is 4.24. The number of aromatic amines is 1. The molecule has 8 heteroatoms. The molecule has 4 rings (SSSR count). The summed E-state index contributed by atoms with van der Waals surface area (Å²) < 4.78 is 27.0. The third kappa shape index (κ3) is 2.89. The molecule has 0 aliphatic carbocycles. The lowest BCUT2D eigenvalue weighted by atomic mass is 10.2. The average Bonchev–Trinajstić information content (AvgIpc) is 3.27. The monoisotopic (exact) mass is 385 g/mol. The Morgan fingerprint density at radius 3 is 2.81 bits per heavy atom. The number of hydrogen-bond donors (Lipinski definition) is 1. The van der Waals surface area contributed by atoms with E-state index in [1.165, 1.54) is 23.6 Å². The number of benzene rings is 1. The molecule has 0 spiro atoms. The number of sulfonamides is 1. The van der Waals surface area contributed by atoms with Gasteiger partial charge >= 0.3 is 0 Å². The normalized spacial score (nSPS) is 17.5. The van der Waals surface area contributed by atoms with Gasteiger partial charge in [-0.1, -0.05) is 30.0 Å². The largest absolute Gasteiger partial charge is 0.351 e. The summed E-state index contributed by atoms with van der Waals surface area (Å²) in [4.78, 5) is 11.8. The van der Waals surface area contributed by atoms with E-state index in [0.29, 0.717) is 12.2 Å². The maximum absolute atomic E-state index is 12.9. The zero-order valence-corrected chi connectivity index (χ0v) is 15.7. The van der Waals surface area contributed by atoms with Crippen LogP contribution in [0.5, 0.6) is 0 Å². The molecule has 0 amide bonds. The highest BCUT2D eigenvalue weighted by Gasteiger charge is 2.25. The van der Waals surface area contributed by atoms with E-state index in [9.17, 15) is 8.42 Å². The third-order valence-corrected chi connectivity index (χ3v) is 6.93. The zero-order chi connectivity index (χ0) is 18.3. The highest BCUT2D eigenvalue weighted by molar-refractivity contribution is 8.15. The molecule has 6 nitrogen and oxygen atoms in total. The van der Waals surface area contributed by atoms with Gasteiger partial charge in [0, 0.05) is 23.9 Å². The van der Waals surface area contributed by atoms with Crippen molar-refractivity contribution < 1.29 is 8.42 Å². The van der Waals surface area contributed by atoms with Gasteiger partial charge in [-0.3, -0.25) is 9.30 Å². The number of thioether (sulfide) groups is 1. The number of fused-ring (bicyclic) bond motifs is 1. The van der Waals surface area contributed by atoms with E-state index in [0.717, 1.165) is 21.6 Å². The molecule has 1 unspecified atom stereocenters. The lowest BCUT2D eigenvalue weighted by molar-refractivity contribution is 0.590. The predicted molar refractivity (Wildman–Crippen MR) is 106 cm³/mol. The van der Waals surface area contributed by atoms with Gasteiger partial charge in [-0.05, 0) is 31.2 Å². The van der Waals surface area contributed by atoms with E-state index < -0.39 is 10.0 Å². The van der Waals surface area contributed by atoms with E-state index in [1.54, 1.807) is 30.0 Å². The molecule has 1 radical (unpaired) electrons. The summed E-state index contributed by atoms with van der Waals surface area (Å²) in [5.41, 5.74) is 2.20. The van der Waals surface area contributed by atoms with Gasteiger partial charge in [0.25, 0.3) is 10.0 Å². The maximum Gasteiger partial charge on any atom is 0.281 e. The molecular weight excluding hydrogens is 368 g/mol. The molecule has 2 aromatic heterocycles. The van der Waals surface area contributed by atoms with Gasteiger partial charge in [0.15, 0.2) is 5.03 Å². The summed E-state index contributed by atoms with van der Waals surface area (Å²) in [5, 5.41) is 2.06. The van der Waals surface area contributed by atoms with E-state index in [-0.39, 0.29) is 10.3 Å². The minimum absolute atomic E-state index is 0.0157. The van der Waals surface area contributed by atoms with Crippen LogP contribution >= 0.6 is 11.8 Å². The van der Waals surface area contributed by atoms with Gasteiger partial charge in [0.05, 0.1) is 23.4 Å². The van der Waals surface area contributed by atoms with E-state index in [4.69, 9.17) is 0 Å². The van der Waals surface area contributed by atoms with Crippen molar-refractivity contribution in [2.24, 2.45) is 4.99 Å². The number of anilines is 1. The van der Waals surface area contributed by atoms with Crippen molar-refractivity contribution in [2.75, 3.05) is 17.9 Å². The van der Waals surface area contributed by atoms with Crippen molar-refractivity contribution >= 4 is 43.4 Å². The first kappa shape index (κ1) is 17.1. The molecule has 0 fully saturated rings. The highest BCUT2D eigenvalue weighted by Crippen LogP contribution is 2.32. The summed E-state index contributed by atoms with van der Waals surface area (Å²) in [6, 6.07) is 12.4. The highest BCUT2D eigenvalue weighted by atomic mass is 32.2. The van der Waals surface area contributed by atoms with Crippen LogP contribution < -0.4 is 4.31 Å². The molecule has 1 aliphatic heterocycles. The summed E-state index contributed by atoms with van der Waals surface area (Å²) in [6.07, 6.45) is 1.47. The molecule has 1 atom stereocenters. The molecule has 0 saturated carbocycles. The quantitative estimate of drug-likeness (QED) is 0.749. The van der Waals surface area contributed by atoms with Gasteiger partial charge in [-0.15, -0.1) is 0 Å². The second-order valence-corrected chi connectivity index (χ2v) is 9.16. The minimum Gasteiger partial charge on any atom is -0.351 e. The first-order valence-electron chi connectivity index (χ1n) is 8.03. The van der Waals surface area contributed by atoms with Crippen LogP contribution in [-0.2, 0) is 10.0 Å². The standard InChI is InChI=1S/C18H17N4O2S2/c1-12-11-20-18(25-12)14-10-13-6-5-7-15(17(13)21-14)22(2)26(23,24)16-8-3-4-9-19-16/h3-10,12,21H,1,11H2,2H3. The van der Waals surface area contributed by atoms with Gasteiger partial charge in [0.1, 0.15) is 5.04 Å². The van der Waals surface area contributed by atoms with Crippen LogP contribution in [0.15, 0.2) is 58.7 Å². The Morgan fingerprint density at radius 1 is 1.27 bits per heavy atom. The number of nitrogens with one attached hydrogen (secondary N) is 1. The van der Waals surface area contributed by atoms with Gasteiger partial charge in [0.2, 0.25) is 0 Å². The number of aliphatic imine (C=N–C) groups is 1. The Morgan fingerprint density at radius 2 is 2.12 bits per heavy atom. The molecule has 0 bridgehead atoms. The minimum atomic E-state index is -3.75. The van der Waals surface area contributed by atoms with Crippen molar-refractivity contribution in [1.82, 2.24) is 9.97 Å². The smallest absolute Gasteiger partial charge is 0.281 e. The van der Waals surface area contributed by atoms with Crippen LogP contribution in [0, 0.1) is 6.92 Å². The van der Waals surface area contributed by atoms with Crippen molar-refractivity contribution in [3.63, 3.8) is 0 Å². The molecule has 3 heterocycles. The lowest BCUT2D eigenvalue weighted by Gasteiger charge is -2.19. The van der Waals surface area contributed by atoms with Crippen molar-refractivity contribution in [1.29, 1.82) is 0 Å². The number of hydrogen-bond acceptors (Lipinski definition) is 5. The molecule has 3 aromatic rings. The number of H-pyrrole nitrogens is 1. The predicted octanol–water partition coefficient (Wildman–Crippen LogP) is 3.08. The van der Waals surface area contributed by atoms with Gasteiger partial charge in [-0.2, -0.15) is 8.42 Å². The average molecular weight is 385 g/mol. The van der Waals surface area contributed by atoms with Crippen LogP contribution in [0.1, 0.15) is 5.69 Å². The van der Waals surface area contributed by atoms with Crippen molar-refractivity contribution in [3.8, 4) is 0 Å². The molecule has 0 saturated heterocycles. The van der Waals surface area contributed by atoms with Crippen LogP contribution in [0.25, 0.3) is 10.9 Å². The molecule has 133 valence electrons. The fraction of sp³-hybridized carbons (Fsp3) is 0.167. The fourth-order valence-corrected chi connectivity index (χ4v) is 4.84.